The van der Waals surface area contributed by atoms with Crippen LogP contribution in [0, 0.1) is 22.6 Å². The monoisotopic (exact) mass is 718 g/mol. The molecular formula is C38H38F4N6O4. The zero-order valence-electron chi connectivity index (χ0n) is 28.5. The Morgan fingerprint density at radius 2 is 1.79 bits per heavy atom. The van der Waals surface area contributed by atoms with Gasteiger partial charge in [0.25, 0.3) is 0 Å². The Balaban J connectivity index is 1.24. The number of aromatic nitrogens is 2. The summed E-state index contributed by atoms with van der Waals surface area (Å²) in [4.78, 5) is 27.0. The molecule has 3 saturated heterocycles. The SMILES string of the molecule is N#CCCc1cc2c(N3CC4CCC(C3)N4C(=O)C(F)(F)F)nc(OCC3(CN4CCOCC4)CC3)nc2c(F)c1-c1cc(O)cc2ccccc12. The molecule has 1 aromatic heterocycles. The number of benzene rings is 3. The molecule has 10 nitrogen and oxygen atoms in total. The predicted octanol–water partition coefficient (Wildman–Crippen LogP) is 5.98. The highest BCUT2D eigenvalue weighted by Gasteiger charge is 2.52. The quantitative estimate of drug-likeness (QED) is 0.209. The number of aromatic hydroxyl groups is 1. The van der Waals surface area contributed by atoms with Crippen LogP contribution in [0.2, 0.25) is 0 Å². The number of nitriles is 1. The van der Waals surface area contributed by atoms with Crippen molar-refractivity contribution in [2.24, 2.45) is 5.41 Å². The number of alkyl halides is 3. The molecule has 4 aliphatic rings. The maximum absolute atomic E-state index is 17.4. The minimum absolute atomic E-state index is 0.0395. The van der Waals surface area contributed by atoms with E-state index in [2.05, 4.69) is 16.0 Å². The normalized spacial score (nSPS) is 21.4. The first-order valence-electron chi connectivity index (χ1n) is 17.7. The second kappa shape index (κ2) is 13.3. The molecule has 4 fully saturated rings. The van der Waals surface area contributed by atoms with E-state index in [1.165, 1.54) is 6.07 Å². The molecule has 0 spiro atoms. The largest absolute Gasteiger partial charge is 0.508 e. The van der Waals surface area contributed by atoms with Crippen LogP contribution in [-0.2, 0) is 16.0 Å². The van der Waals surface area contributed by atoms with Gasteiger partial charge in [0.1, 0.15) is 17.1 Å². The number of hydrogen-bond acceptors (Lipinski definition) is 9. The summed E-state index contributed by atoms with van der Waals surface area (Å²) in [6.07, 6.45) is -2.02. The number of hydrogen-bond donors (Lipinski definition) is 1. The zero-order valence-corrected chi connectivity index (χ0v) is 28.5. The third-order valence-electron chi connectivity index (χ3n) is 11.0. The number of morpholine rings is 1. The standard InChI is InChI=1S/C38H38F4N6O4/c39-32-31(29-18-27(49)16-23-4-1-2-6-28(23)29)24(5-3-11-43)17-30-33(32)44-36(52-22-37(9-10-37)21-46-12-14-51-15-13-46)45-34(30)47-19-25-7-8-26(20-47)48(25)35(50)38(40,41)42/h1-2,4,6,16-18,25-26,49H,3,5,7-10,12-15,19-22H2. The molecule has 1 aliphatic carbocycles. The Morgan fingerprint density at radius 1 is 1.06 bits per heavy atom. The maximum atomic E-state index is 17.4. The number of carbonyl (C=O) groups is 1. The van der Waals surface area contributed by atoms with Gasteiger partial charge in [-0.1, -0.05) is 24.3 Å². The molecule has 272 valence electrons. The van der Waals surface area contributed by atoms with E-state index in [9.17, 15) is 28.3 Å². The lowest BCUT2D eigenvalue weighted by Gasteiger charge is -2.42. The first-order chi connectivity index (χ1) is 25.0. The van der Waals surface area contributed by atoms with Crippen LogP contribution in [0.25, 0.3) is 32.8 Å². The molecule has 3 aromatic carbocycles. The highest BCUT2D eigenvalue weighted by atomic mass is 19.4. The van der Waals surface area contributed by atoms with Gasteiger partial charge in [-0.25, -0.2) is 4.39 Å². The number of piperazine rings is 1. The molecule has 2 atom stereocenters. The number of nitrogens with zero attached hydrogens (tertiary/aromatic N) is 6. The van der Waals surface area contributed by atoms with Crippen molar-refractivity contribution >= 4 is 33.4 Å². The first-order valence-corrected chi connectivity index (χ1v) is 17.7. The van der Waals surface area contributed by atoms with E-state index in [0.29, 0.717) is 65.8 Å². The van der Waals surface area contributed by atoms with E-state index in [-0.39, 0.29) is 54.2 Å². The smallest absolute Gasteiger partial charge is 0.471 e. The van der Waals surface area contributed by atoms with Gasteiger partial charge in [-0.2, -0.15) is 28.4 Å². The Morgan fingerprint density at radius 3 is 2.48 bits per heavy atom. The number of carbonyl (C=O) groups excluding carboxylic acids is 1. The number of phenols is 1. The average Bonchev–Trinajstić information content (AvgIpc) is 3.84. The summed E-state index contributed by atoms with van der Waals surface area (Å²) in [5.41, 5.74) is 0.978. The van der Waals surface area contributed by atoms with Gasteiger partial charge >= 0.3 is 18.1 Å². The van der Waals surface area contributed by atoms with Crippen molar-refractivity contribution in [1.29, 1.82) is 5.26 Å². The lowest BCUT2D eigenvalue weighted by molar-refractivity contribution is -0.188. The number of aryl methyl sites for hydroxylation is 1. The second-order valence-electron chi connectivity index (χ2n) is 14.5. The number of anilines is 1. The predicted molar refractivity (Wildman–Crippen MR) is 184 cm³/mol. The number of phenolic OH excluding ortho intramolecular Hbond substituents is 1. The van der Waals surface area contributed by atoms with Crippen molar-refractivity contribution in [3.05, 3.63) is 53.8 Å². The van der Waals surface area contributed by atoms with E-state index in [0.717, 1.165) is 37.4 Å². The fraction of sp³-hybridized carbons (Fsp3) is 0.474. The van der Waals surface area contributed by atoms with Crippen LogP contribution in [0.15, 0.2) is 42.5 Å². The van der Waals surface area contributed by atoms with E-state index in [1.807, 2.05) is 29.2 Å². The lowest BCUT2D eigenvalue weighted by Crippen LogP contribution is -2.59. The Kier molecular flexibility index (Phi) is 8.82. The summed E-state index contributed by atoms with van der Waals surface area (Å²) in [6, 6.07) is 12.8. The van der Waals surface area contributed by atoms with Crippen molar-refractivity contribution in [2.75, 3.05) is 57.4 Å². The van der Waals surface area contributed by atoms with Crippen molar-refractivity contribution in [1.82, 2.24) is 19.8 Å². The molecule has 1 saturated carbocycles. The molecule has 0 radical (unpaired) electrons. The van der Waals surface area contributed by atoms with Gasteiger partial charge in [0.15, 0.2) is 5.82 Å². The van der Waals surface area contributed by atoms with Crippen LogP contribution in [0.1, 0.15) is 37.7 Å². The van der Waals surface area contributed by atoms with Crippen LogP contribution in [0.5, 0.6) is 11.8 Å². The molecule has 3 aliphatic heterocycles. The summed E-state index contributed by atoms with van der Waals surface area (Å²) in [5, 5.41) is 22.0. The molecule has 14 heteroatoms. The molecule has 2 bridgehead atoms. The summed E-state index contributed by atoms with van der Waals surface area (Å²) in [7, 11) is 0. The Labute approximate surface area is 297 Å². The lowest BCUT2D eigenvalue weighted by atomic mass is 9.90. The molecule has 2 unspecified atom stereocenters. The number of fused-ring (bicyclic) bond motifs is 4. The number of amides is 1. The summed E-state index contributed by atoms with van der Waals surface area (Å²) >= 11 is 0. The second-order valence-corrected chi connectivity index (χ2v) is 14.5. The molecule has 52 heavy (non-hydrogen) atoms. The molecule has 1 N–H and O–H groups in total. The highest BCUT2D eigenvalue weighted by molar-refractivity contribution is 6.02. The third-order valence-corrected chi connectivity index (χ3v) is 11.0. The topological polar surface area (TPSA) is 115 Å². The van der Waals surface area contributed by atoms with Crippen molar-refractivity contribution in [3.8, 4) is 29.0 Å². The van der Waals surface area contributed by atoms with Gasteiger partial charge in [0, 0.05) is 55.5 Å². The minimum atomic E-state index is -4.99. The van der Waals surface area contributed by atoms with Crippen molar-refractivity contribution < 1.29 is 36.9 Å². The third kappa shape index (κ3) is 6.45. The van der Waals surface area contributed by atoms with Gasteiger partial charge in [-0.05, 0) is 72.2 Å². The van der Waals surface area contributed by atoms with Gasteiger partial charge in [0.2, 0.25) is 0 Å². The molecule has 4 heterocycles. The van der Waals surface area contributed by atoms with Crippen LogP contribution in [0.4, 0.5) is 23.4 Å². The highest BCUT2D eigenvalue weighted by Crippen LogP contribution is 2.47. The van der Waals surface area contributed by atoms with Crippen LogP contribution >= 0.6 is 0 Å². The average molecular weight is 719 g/mol. The Hall–Kier alpha value is -4.74. The van der Waals surface area contributed by atoms with Crippen molar-refractivity contribution in [3.63, 3.8) is 0 Å². The molecular weight excluding hydrogens is 680 g/mol. The van der Waals surface area contributed by atoms with E-state index in [4.69, 9.17) is 14.5 Å². The zero-order chi connectivity index (χ0) is 36.2. The van der Waals surface area contributed by atoms with Gasteiger partial charge in [0.05, 0.1) is 38.0 Å². The number of halogens is 4. The van der Waals surface area contributed by atoms with Crippen LogP contribution < -0.4 is 9.64 Å². The number of ether oxygens (including phenoxy) is 2. The molecule has 8 rings (SSSR count). The first kappa shape index (κ1) is 34.4. The fourth-order valence-electron chi connectivity index (χ4n) is 8.26. The van der Waals surface area contributed by atoms with Crippen molar-refractivity contribution in [2.45, 2.75) is 56.8 Å². The van der Waals surface area contributed by atoms with Gasteiger partial charge in [-0.3, -0.25) is 9.69 Å². The van der Waals surface area contributed by atoms with E-state index in [1.54, 1.807) is 12.1 Å². The van der Waals surface area contributed by atoms with Gasteiger partial charge in [-0.15, -0.1) is 0 Å². The van der Waals surface area contributed by atoms with Crippen LogP contribution in [0.3, 0.4) is 0 Å². The van der Waals surface area contributed by atoms with Gasteiger partial charge < -0.3 is 24.4 Å². The molecule has 1 amide bonds. The van der Waals surface area contributed by atoms with E-state index >= 15 is 4.39 Å². The summed E-state index contributed by atoms with van der Waals surface area (Å²) in [6.45, 7) is 4.26. The molecule has 4 aromatic rings. The number of rotatable bonds is 9. The Bertz CT molecular complexity index is 2060. The minimum Gasteiger partial charge on any atom is -0.508 e. The summed E-state index contributed by atoms with van der Waals surface area (Å²) < 4.78 is 69.9. The fourth-order valence-corrected chi connectivity index (χ4v) is 8.26. The summed E-state index contributed by atoms with van der Waals surface area (Å²) in [5.74, 6) is -2.28. The van der Waals surface area contributed by atoms with E-state index < -0.39 is 30.0 Å². The maximum Gasteiger partial charge on any atom is 0.471 e. The van der Waals surface area contributed by atoms with Crippen LogP contribution in [-0.4, -0.2) is 102 Å².